The minimum absolute atomic E-state index is 0.0317. The van der Waals surface area contributed by atoms with E-state index in [2.05, 4.69) is 58.7 Å². The van der Waals surface area contributed by atoms with Crippen LogP contribution in [0.15, 0.2) is 0 Å². The first-order chi connectivity index (χ1) is 9.78. The summed E-state index contributed by atoms with van der Waals surface area (Å²) in [4.78, 5) is 2.67. The van der Waals surface area contributed by atoms with Gasteiger partial charge in [0.1, 0.15) is 0 Å². The lowest BCUT2D eigenvalue weighted by atomic mass is 9.90. The molecule has 0 aliphatic carbocycles. The van der Waals surface area contributed by atoms with E-state index in [1.54, 1.807) is 0 Å². The zero-order valence-corrected chi connectivity index (χ0v) is 15.4. The van der Waals surface area contributed by atoms with Gasteiger partial charge in [0.05, 0.1) is 12.2 Å². The van der Waals surface area contributed by atoms with E-state index in [0.29, 0.717) is 12.1 Å². The summed E-state index contributed by atoms with van der Waals surface area (Å²) in [5, 5.41) is 3.79. The standard InChI is InChI=1S/C18H38N2O/c1-8-14(3)16-13-20(10-11-21-18(5,6)7)17(12-19-16)15(4)9-2/h14-17,19H,8-13H2,1-7H3. The van der Waals surface area contributed by atoms with Crippen LogP contribution < -0.4 is 5.32 Å². The number of piperazine rings is 1. The lowest BCUT2D eigenvalue weighted by Crippen LogP contribution is -2.60. The van der Waals surface area contributed by atoms with Crippen LogP contribution in [0.2, 0.25) is 0 Å². The molecule has 0 aromatic rings. The summed E-state index contributed by atoms with van der Waals surface area (Å²) in [5.74, 6) is 1.49. The van der Waals surface area contributed by atoms with Crippen LogP contribution in [0.1, 0.15) is 61.3 Å². The second-order valence-corrected chi connectivity index (χ2v) is 7.81. The quantitative estimate of drug-likeness (QED) is 0.778. The molecule has 4 unspecified atom stereocenters. The Labute approximate surface area is 132 Å². The average Bonchev–Trinajstić information content (AvgIpc) is 2.44. The first-order valence-electron chi connectivity index (χ1n) is 8.89. The van der Waals surface area contributed by atoms with Crippen LogP contribution in [0.3, 0.4) is 0 Å². The van der Waals surface area contributed by atoms with Gasteiger partial charge in [-0.2, -0.15) is 0 Å². The maximum atomic E-state index is 5.95. The summed E-state index contributed by atoms with van der Waals surface area (Å²) in [7, 11) is 0. The van der Waals surface area contributed by atoms with E-state index in [9.17, 15) is 0 Å². The van der Waals surface area contributed by atoms with Crippen LogP contribution in [0.4, 0.5) is 0 Å². The molecule has 1 aliphatic rings. The van der Waals surface area contributed by atoms with E-state index in [1.807, 2.05) is 0 Å². The molecule has 1 fully saturated rings. The number of nitrogens with zero attached hydrogens (tertiary/aromatic N) is 1. The molecule has 0 amide bonds. The van der Waals surface area contributed by atoms with Gasteiger partial charge in [0, 0.05) is 31.7 Å². The fraction of sp³-hybridized carbons (Fsp3) is 1.00. The molecule has 0 bridgehead atoms. The first-order valence-corrected chi connectivity index (χ1v) is 8.89. The Bertz CT molecular complexity index is 287. The van der Waals surface area contributed by atoms with Gasteiger partial charge in [0.25, 0.3) is 0 Å². The summed E-state index contributed by atoms with van der Waals surface area (Å²) in [6, 6.07) is 1.28. The highest BCUT2D eigenvalue weighted by atomic mass is 16.5. The smallest absolute Gasteiger partial charge is 0.0600 e. The highest BCUT2D eigenvalue weighted by Gasteiger charge is 2.32. The molecule has 1 saturated heterocycles. The predicted octanol–water partition coefficient (Wildman–Crippen LogP) is 3.54. The summed E-state index contributed by atoms with van der Waals surface area (Å²) in [6.07, 6.45) is 2.50. The molecule has 0 aromatic heterocycles. The van der Waals surface area contributed by atoms with Crippen molar-refractivity contribution >= 4 is 0 Å². The normalized spacial score (nSPS) is 27.6. The zero-order chi connectivity index (χ0) is 16.0. The molecule has 1 N–H and O–H groups in total. The predicted molar refractivity (Wildman–Crippen MR) is 91.8 cm³/mol. The Morgan fingerprint density at radius 1 is 1.14 bits per heavy atom. The highest BCUT2D eigenvalue weighted by Crippen LogP contribution is 2.21. The minimum Gasteiger partial charge on any atom is -0.375 e. The monoisotopic (exact) mass is 298 g/mol. The number of nitrogens with one attached hydrogen (secondary N) is 1. The van der Waals surface area contributed by atoms with Crippen LogP contribution in [-0.2, 0) is 4.74 Å². The Balaban J connectivity index is 2.60. The molecular formula is C18H38N2O. The lowest BCUT2D eigenvalue weighted by Gasteiger charge is -2.45. The van der Waals surface area contributed by atoms with Gasteiger partial charge in [0.15, 0.2) is 0 Å². The Morgan fingerprint density at radius 3 is 2.29 bits per heavy atom. The molecule has 126 valence electrons. The van der Waals surface area contributed by atoms with Gasteiger partial charge in [-0.05, 0) is 32.6 Å². The van der Waals surface area contributed by atoms with Crippen molar-refractivity contribution in [1.29, 1.82) is 0 Å². The first kappa shape index (κ1) is 18.9. The molecule has 4 atom stereocenters. The van der Waals surface area contributed by atoms with Gasteiger partial charge in [-0.1, -0.05) is 40.5 Å². The molecule has 1 rings (SSSR count). The van der Waals surface area contributed by atoms with E-state index >= 15 is 0 Å². The van der Waals surface area contributed by atoms with E-state index in [-0.39, 0.29) is 5.60 Å². The Hall–Kier alpha value is -0.120. The van der Waals surface area contributed by atoms with E-state index in [4.69, 9.17) is 4.74 Å². The molecule has 0 saturated carbocycles. The van der Waals surface area contributed by atoms with Crippen molar-refractivity contribution in [3.8, 4) is 0 Å². The van der Waals surface area contributed by atoms with E-state index < -0.39 is 0 Å². The molecule has 21 heavy (non-hydrogen) atoms. The second-order valence-electron chi connectivity index (χ2n) is 7.81. The maximum Gasteiger partial charge on any atom is 0.0600 e. The molecule has 3 heteroatoms. The van der Waals surface area contributed by atoms with Gasteiger partial charge in [0.2, 0.25) is 0 Å². The number of ether oxygens (including phenoxy) is 1. The number of hydrogen-bond donors (Lipinski definition) is 1. The number of rotatable bonds is 7. The Morgan fingerprint density at radius 2 is 1.76 bits per heavy atom. The van der Waals surface area contributed by atoms with Crippen molar-refractivity contribution < 1.29 is 4.74 Å². The van der Waals surface area contributed by atoms with Gasteiger partial charge < -0.3 is 10.1 Å². The molecule has 0 spiro atoms. The fourth-order valence-electron chi connectivity index (χ4n) is 3.08. The Kier molecular flexibility index (Phi) is 7.66. The summed E-state index contributed by atoms with van der Waals surface area (Å²) >= 11 is 0. The van der Waals surface area contributed by atoms with Crippen molar-refractivity contribution in [1.82, 2.24) is 10.2 Å². The van der Waals surface area contributed by atoms with Crippen molar-refractivity contribution in [2.24, 2.45) is 11.8 Å². The van der Waals surface area contributed by atoms with Crippen molar-refractivity contribution in [2.75, 3.05) is 26.2 Å². The van der Waals surface area contributed by atoms with Crippen LogP contribution in [0, 0.1) is 11.8 Å². The molecule has 0 aromatic carbocycles. The van der Waals surface area contributed by atoms with Crippen LogP contribution in [0.25, 0.3) is 0 Å². The van der Waals surface area contributed by atoms with E-state index in [1.165, 1.54) is 12.8 Å². The third-order valence-corrected chi connectivity index (χ3v) is 5.03. The van der Waals surface area contributed by atoms with E-state index in [0.717, 1.165) is 38.1 Å². The molecule has 3 nitrogen and oxygen atoms in total. The summed E-state index contributed by atoms with van der Waals surface area (Å²) in [5.41, 5.74) is -0.0317. The topological polar surface area (TPSA) is 24.5 Å². The average molecular weight is 299 g/mol. The maximum absolute atomic E-state index is 5.95. The van der Waals surface area contributed by atoms with Crippen LogP contribution in [-0.4, -0.2) is 48.8 Å². The lowest BCUT2D eigenvalue weighted by molar-refractivity contribution is -0.0284. The highest BCUT2D eigenvalue weighted by molar-refractivity contribution is 4.90. The molecule has 1 heterocycles. The SMILES string of the molecule is CCC(C)C1CN(CCOC(C)(C)C)C(C(C)CC)CN1. The van der Waals surface area contributed by atoms with Gasteiger partial charge in [-0.25, -0.2) is 0 Å². The largest absolute Gasteiger partial charge is 0.375 e. The van der Waals surface area contributed by atoms with Crippen LogP contribution in [0.5, 0.6) is 0 Å². The fourth-order valence-corrected chi connectivity index (χ4v) is 3.08. The molecule has 1 aliphatic heterocycles. The third-order valence-electron chi connectivity index (χ3n) is 5.03. The minimum atomic E-state index is -0.0317. The van der Waals surface area contributed by atoms with Crippen LogP contribution >= 0.6 is 0 Å². The van der Waals surface area contributed by atoms with Gasteiger partial charge in [-0.3, -0.25) is 4.90 Å². The van der Waals surface area contributed by atoms with Crippen molar-refractivity contribution in [3.63, 3.8) is 0 Å². The number of hydrogen-bond acceptors (Lipinski definition) is 3. The van der Waals surface area contributed by atoms with Crippen molar-refractivity contribution in [2.45, 2.75) is 79.0 Å². The second kappa shape index (κ2) is 8.50. The third kappa shape index (κ3) is 6.25. The van der Waals surface area contributed by atoms with Crippen molar-refractivity contribution in [3.05, 3.63) is 0 Å². The van der Waals surface area contributed by atoms with Gasteiger partial charge >= 0.3 is 0 Å². The zero-order valence-electron chi connectivity index (χ0n) is 15.4. The van der Waals surface area contributed by atoms with Gasteiger partial charge in [-0.15, -0.1) is 0 Å². The molecule has 0 radical (unpaired) electrons. The summed E-state index contributed by atoms with van der Waals surface area (Å²) in [6.45, 7) is 19.9. The molecular weight excluding hydrogens is 260 g/mol. The summed E-state index contributed by atoms with van der Waals surface area (Å²) < 4.78 is 5.95.